The lowest BCUT2D eigenvalue weighted by Crippen LogP contribution is -2.28. The smallest absolute Gasteiger partial charge is 0.123 e. The normalized spacial score (nSPS) is 23.4. The van der Waals surface area contributed by atoms with Gasteiger partial charge in [-0.15, -0.1) is 23.1 Å². The van der Waals surface area contributed by atoms with Crippen LogP contribution in [0.4, 0.5) is 4.39 Å². The fourth-order valence-electron chi connectivity index (χ4n) is 2.68. The van der Waals surface area contributed by atoms with E-state index in [0.717, 1.165) is 12.0 Å². The molecule has 0 saturated carbocycles. The Kier molecular flexibility index (Phi) is 4.15. The van der Waals surface area contributed by atoms with Crippen molar-refractivity contribution in [2.24, 2.45) is 0 Å². The number of hydrogen-bond donors (Lipinski definition) is 1. The molecule has 1 aliphatic heterocycles. The molecule has 0 amide bonds. The minimum absolute atomic E-state index is 0.152. The number of fused-ring (bicyclic) bond motifs is 1. The first kappa shape index (κ1) is 14.1. The highest BCUT2D eigenvalue weighted by molar-refractivity contribution is 8.01. The third-order valence-corrected chi connectivity index (χ3v) is 6.05. The number of thioether (sulfide) groups is 1. The van der Waals surface area contributed by atoms with Crippen LogP contribution in [0, 0.1) is 5.82 Å². The zero-order valence-electron chi connectivity index (χ0n) is 11.6. The van der Waals surface area contributed by atoms with E-state index in [1.165, 1.54) is 15.8 Å². The topological polar surface area (TPSA) is 12.0 Å². The monoisotopic (exact) mass is 307 g/mol. The van der Waals surface area contributed by atoms with E-state index in [9.17, 15) is 4.39 Å². The van der Waals surface area contributed by atoms with Gasteiger partial charge in [0, 0.05) is 17.3 Å². The van der Waals surface area contributed by atoms with Crippen LogP contribution < -0.4 is 5.32 Å². The van der Waals surface area contributed by atoms with Crippen LogP contribution in [0.3, 0.4) is 0 Å². The highest BCUT2D eigenvalue weighted by Gasteiger charge is 2.27. The van der Waals surface area contributed by atoms with Crippen molar-refractivity contribution in [1.29, 1.82) is 0 Å². The molecule has 0 spiro atoms. The van der Waals surface area contributed by atoms with Gasteiger partial charge in [0.05, 0.1) is 4.21 Å². The van der Waals surface area contributed by atoms with Gasteiger partial charge < -0.3 is 5.32 Å². The number of benzene rings is 1. The SMILES string of the molecule is C[C@H](NC1C[C@H](C)Sc2sccc21)c1cccc(F)c1. The Bertz CT molecular complexity index is 596. The van der Waals surface area contributed by atoms with Gasteiger partial charge >= 0.3 is 0 Å². The van der Waals surface area contributed by atoms with Gasteiger partial charge in [0.25, 0.3) is 0 Å². The molecular formula is C16H18FNS2. The van der Waals surface area contributed by atoms with Gasteiger partial charge in [-0.2, -0.15) is 0 Å². The zero-order valence-corrected chi connectivity index (χ0v) is 13.2. The first-order chi connectivity index (χ1) is 9.63. The Morgan fingerprint density at radius 1 is 1.35 bits per heavy atom. The van der Waals surface area contributed by atoms with Crippen molar-refractivity contribution in [1.82, 2.24) is 5.32 Å². The maximum absolute atomic E-state index is 13.3. The average Bonchev–Trinajstić information content (AvgIpc) is 2.86. The molecule has 1 nitrogen and oxygen atoms in total. The summed E-state index contributed by atoms with van der Waals surface area (Å²) in [5.74, 6) is -0.167. The van der Waals surface area contributed by atoms with Gasteiger partial charge in [-0.25, -0.2) is 4.39 Å². The van der Waals surface area contributed by atoms with Crippen molar-refractivity contribution in [2.75, 3.05) is 0 Å². The molecule has 20 heavy (non-hydrogen) atoms. The zero-order chi connectivity index (χ0) is 14.1. The van der Waals surface area contributed by atoms with Crippen LogP contribution in [-0.4, -0.2) is 5.25 Å². The molecule has 2 aromatic rings. The molecule has 106 valence electrons. The molecule has 1 unspecified atom stereocenters. The molecular weight excluding hydrogens is 289 g/mol. The van der Waals surface area contributed by atoms with Gasteiger partial charge in [-0.3, -0.25) is 0 Å². The maximum atomic E-state index is 13.3. The second-order valence-corrected chi connectivity index (χ2v) is 7.95. The summed E-state index contributed by atoms with van der Waals surface area (Å²) in [5.41, 5.74) is 2.41. The Balaban J connectivity index is 1.78. The second kappa shape index (κ2) is 5.88. The Morgan fingerprint density at radius 2 is 2.20 bits per heavy atom. The predicted molar refractivity (Wildman–Crippen MR) is 84.9 cm³/mol. The average molecular weight is 307 g/mol. The van der Waals surface area contributed by atoms with E-state index in [1.54, 1.807) is 12.1 Å². The van der Waals surface area contributed by atoms with Crippen molar-refractivity contribution < 1.29 is 4.39 Å². The summed E-state index contributed by atoms with van der Waals surface area (Å²) < 4.78 is 14.8. The Labute approximate surface area is 127 Å². The molecule has 1 aromatic carbocycles. The van der Waals surface area contributed by atoms with Crippen LogP contribution in [0.1, 0.15) is 43.5 Å². The van der Waals surface area contributed by atoms with Gasteiger partial charge in [0.2, 0.25) is 0 Å². The largest absolute Gasteiger partial charge is 0.303 e. The summed E-state index contributed by atoms with van der Waals surface area (Å²) in [4.78, 5) is 0. The standard InChI is InChI=1S/C16H18FNS2/c1-10-8-15(14-6-7-19-16(14)20-10)18-11(2)12-4-3-5-13(17)9-12/h3-7,9-11,15,18H,8H2,1-2H3/t10-,11-,15?/m0/s1. The molecule has 1 N–H and O–H groups in total. The van der Waals surface area contributed by atoms with Crippen LogP contribution in [0.2, 0.25) is 0 Å². The molecule has 0 fully saturated rings. The lowest BCUT2D eigenvalue weighted by Gasteiger charge is -2.30. The number of hydrogen-bond acceptors (Lipinski definition) is 3. The van der Waals surface area contributed by atoms with Crippen molar-refractivity contribution in [3.8, 4) is 0 Å². The van der Waals surface area contributed by atoms with Crippen molar-refractivity contribution in [3.63, 3.8) is 0 Å². The molecule has 2 heterocycles. The van der Waals surface area contributed by atoms with Crippen molar-refractivity contribution in [2.45, 2.75) is 41.8 Å². The van der Waals surface area contributed by atoms with Crippen LogP contribution >= 0.6 is 23.1 Å². The van der Waals surface area contributed by atoms with Gasteiger partial charge in [-0.1, -0.05) is 19.1 Å². The van der Waals surface area contributed by atoms with Gasteiger partial charge in [-0.05, 0) is 48.1 Å². The van der Waals surface area contributed by atoms with Gasteiger partial charge in [0.1, 0.15) is 5.82 Å². The van der Waals surface area contributed by atoms with E-state index in [2.05, 4.69) is 30.6 Å². The van der Waals surface area contributed by atoms with Gasteiger partial charge in [0.15, 0.2) is 0 Å². The summed E-state index contributed by atoms with van der Waals surface area (Å²) in [5, 5.41) is 6.45. The lowest BCUT2D eigenvalue weighted by atomic mass is 10.0. The third-order valence-electron chi connectivity index (χ3n) is 3.71. The Hall–Kier alpha value is -0.840. The molecule has 0 saturated heterocycles. The molecule has 0 radical (unpaired) electrons. The van der Waals surface area contributed by atoms with Crippen LogP contribution in [0.15, 0.2) is 39.9 Å². The highest BCUT2D eigenvalue weighted by Crippen LogP contribution is 2.44. The van der Waals surface area contributed by atoms with Crippen LogP contribution in [0.5, 0.6) is 0 Å². The highest BCUT2D eigenvalue weighted by atomic mass is 32.2. The fraction of sp³-hybridized carbons (Fsp3) is 0.375. The molecule has 0 bridgehead atoms. The summed E-state index contributed by atoms with van der Waals surface area (Å²) in [6.07, 6.45) is 1.12. The quantitative estimate of drug-likeness (QED) is 0.840. The lowest BCUT2D eigenvalue weighted by molar-refractivity contribution is 0.434. The van der Waals surface area contributed by atoms with Crippen LogP contribution in [-0.2, 0) is 0 Å². The van der Waals surface area contributed by atoms with E-state index in [-0.39, 0.29) is 11.9 Å². The predicted octanol–water partition coefficient (Wildman–Crippen LogP) is 5.16. The summed E-state index contributed by atoms with van der Waals surface area (Å²) in [6.45, 7) is 4.38. The molecule has 3 atom stereocenters. The van der Waals surface area contributed by atoms with Crippen LogP contribution in [0.25, 0.3) is 0 Å². The molecule has 4 heteroatoms. The summed E-state index contributed by atoms with van der Waals surface area (Å²) in [7, 11) is 0. The van der Waals surface area contributed by atoms with Crippen molar-refractivity contribution in [3.05, 3.63) is 52.7 Å². The van der Waals surface area contributed by atoms with E-state index in [4.69, 9.17) is 0 Å². The summed E-state index contributed by atoms with van der Waals surface area (Å²) >= 11 is 3.79. The second-order valence-electron chi connectivity index (χ2n) is 5.32. The van der Waals surface area contributed by atoms with E-state index >= 15 is 0 Å². The number of thiophene rings is 1. The molecule has 1 aromatic heterocycles. The number of rotatable bonds is 3. The number of halogens is 1. The van der Waals surface area contributed by atoms with E-state index in [0.29, 0.717) is 11.3 Å². The minimum atomic E-state index is -0.167. The first-order valence-corrected chi connectivity index (χ1v) is 8.65. The molecule has 3 rings (SSSR count). The third kappa shape index (κ3) is 2.92. The van der Waals surface area contributed by atoms with E-state index < -0.39 is 0 Å². The van der Waals surface area contributed by atoms with Crippen molar-refractivity contribution >= 4 is 23.1 Å². The molecule has 0 aliphatic carbocycles. The molecule has 1 aliphatic rings. The maximum Gasteiger partial charge on any atom is 0.123 e. The fourth-order valence-corrected chi connectivity index (χ4v) is 5.25. The number of nitrogens with one attached hydrogen (secondary N) is 1. The summed E-state index contributed by atoms with van der Waals surface area (Å²) in [6, 6.07) is 9.60. The van der Waals surface area contributed by atoms with E-state index in [1.807, 2.05) is 29.2 Å². The first-order valence-electron chi connectivity index (χ1n) is 6.89. The minimum Gasteiger partial charge on any atom is -0.303 e. The Morgan fingerprint density at radius 3 is 3.00 bits per heavy atom.